The first-order valence-electron chi connectivity index (χ1n) is 3.52. The van der Waals surface area contributed by atoms with E-state index in [1.807, 2.05) is 6.26 Å². The second-order valence-corrected chi connectivity index (χ2v) is 5.58. The predicted octanol–water partition coefficient (Wildman–Crippen LogP) is 0.113. The Hall–Kier alpha value is 0.260. The molecule has 0 amide bonds. The molecule has 0 saturated heterocycles. The summed E-state index contributed by atoms with van der Waals surface area (Å²) in [6.45, 7) is 0.457. The van der Waals surface area contributed by atoms with Crippen molar-refractivity contribution >= 4 is 21.6 Å². The summed E-state index contributed by atoms with van der Waals surface area (Å²) in [6.07, 6.45) is 2.48. The highest BCUT2D eigenvalue weighted by Gasteiger charge is 2.08. The van der Waals surface area contributed by atoms with E-state index in [1.54, 1.807) is 11.8 Å². The molecule has 0 aliphatic rings. The SMILES string of the molecule is CSCCS(=O)(=O)CCCN. The van der Waals surface area contributed by atoms with E-state index in [0.717, 1.165) is 0 Å². The molecule has 0 heterocycles. The van der Waals surface area contributed by atoms with Gasteiger partial charge in [0.25, 0.3) is 0 Å². The van der Waals surface area contributed by atoms with Crippen molar-refractivity contribution in [2.75, 3.05) is 30.1 Å². The quantitative estimate of drug-likeness (QED) is 0.657. The summed E-state index contributed by atoms with van der Waals surface area (Å²) in [7, 11) is -2.81. The largest absolute Gasteiger partial charge is 0.330 e. The van der Waals surface area contributed by atoms with E-state index in [2.05, 4.69) is 0 Å². The highest BCUT2D eigenvalue weighted by Crippen LogP contribution is 1.98. The van der Waals surface area contributed by atoms with Crippen LogP contribution < -0.4 is 5.73 Å². The van der Waals surface area contributed by atoms with E-state index in [-0.39, 0.29) is 11.5 Å². The minimum atomic E-state index is -2.81. The molecule has 0 saturated carbocycles. The summed E-state index contributed by atoms with van der Waals surface area (Å²) in [6, 6.07) is 0. The molecule has 0 unspecified atom stereocenters. The Morgan fingerprint density at radius 1 is 1.36 bits per heavy atom. The van der Waals surface area contributed by atoms with Gasteiger partial charge in [-0.2, -0.15) is 11.8 Å². The monoisotopic (exact) mass is 197 g/mol. The summed E-state index contributed by atoms with van der Waals surface area (Å²) in [5.41, 5.74) is 5.19. The maximum Gasteiger partial charge on any atom is 0.151 e. The molecule has 0 aromatic carbocycles. The van der Waals surface area contributed by atoms with Crippen LogP contribution >= 0.6 is 11.8 Å². The van der Waals surface area contributed by atoms with Gasteiger partial charge in [-0.1, -0.05) is 0 Å². The van der Waals surface area contributed by atoms with E-state index in [1.165, 1.54) is 0 Å². The molecule has 0 bridgehead atoms. The molecule has 0 aliphatic heterocycles. The number of thioether (sulfide) groups is 1. The van der Waals surface area contributed by atoms with E-state index in [4.69, 9.17) is 5.73 Å². The van der Waals surface area contributed by atoms with Crippen LogP contribution in [-0.2, 0) is 9.84 Å². The van der Waals surface area contributed by atoms with Gasteiger partial charge in [-0.05, 0) is 19.2 Å². The maximum absolute atomic E-state index is 11.1. The van der Waals surface area contributed by atoms with Gasteiger partial charge in [0.15, 0.2) is 9.84 Å². The van der Waals surface area contributed by atoms with E-state index >= 15 is 0 Å². The lowest BCUT2D eigenvalue weighted by molar-refractivity contribution is 0.595. The number of hydrogen-bond donors (Lipinski definition) is 1. The van der Waals surface area contributed by atoms with Crippen LogP contribution in [0.15, 0.2) is 0 Å². The summed E-state index contributed by atoms with van der Waals surface area (Å²) in [5, 5.41) is 0. The third kappa shape index (κ3) is 6.65. The molecule has 0 atom stereocenters. The van der Waals surface area contributed by atoms with E-state index < -0.39 is 9.84 Å². The Morgan fingerprint density at radius 2 is 2.00 bits per heavy atom. The van der Waals surface area contributed by atoms with Crippen LogP contribution in [0.3, 0.4) is 0 Å². The summed E-state index contributed by atoms with van der Waals surface area (Å²) >= 11 is 1.55. The molecule has 0 radical (unpaired) electrons. The van der Waals surface area contributed by atoms with Crippen LogP contribution in [-0.4, -0.2) is 38.5 Å². The smallest absolute Gasteiger partial charge is 0.151 e. The molecular weight excluding hydrogens is 182 g/mol. The molecule has 3 nitrogen and oxygen atoms in total. The fourth-order valence-electron chi connectivity index (χ4n) is 0.616. The zero-order chi connectivity index (χ0) is 8.74. The Balaban J connectivity index is 3.63. The van der Waals surface area contributed by atoms with Crippen molar-refractivity contribution in [2.24, 2.45) is 5.73 Å². The first-order valence-corrected chi connectivity index (χ1v) is 6.73. The van der Waals surface area contributed by atoms with Gasteiger partial charge in [-0.3, -0.25) is 0 Å². The third-order valence-electron chi connectivity index (χ3n) is 1.26. The normalized spacial score (nSPS) is 11.8. The van der Waals surface area contributed by atoms with Gasteiger partial charge in [0.2, 0.25) is 0 Å². The van der Waals surface area contributed by atoms with Crippen molar-refractivity contribution in [3.05, 3.63) is 0 Å². The molecule has 11 heavy (non-hydrogen) atoms. The molecule has 5 heteroatoms. The van der Waals surface area contributed by atoms with Gasteiger partial charge in [0.05, 0.1) is 11.5 Å². The lowest BCUT2D eigenvalue weighted by Gasteiger charge is -2.00. The number of hydrogen-bond acceptors (Lipinski definition) is 4. The molecule has 0 aromatic heterocycles. The van der Waals surface area contributed by atoms with Gasteiger partial charge in [-0.25, -0.2) is 8.42 Å². The highest BCUT2D eigenvalue weighted by atomic mass is 32.2. The summed E-state index contributed by atoms with van der Waals surface area (Å²) in [4.78, 5) is 0. The second-order valence-electron chi connectivity index (χ2n) is 2.29. The molecule has 0 aromatic rings. The fourth-order valence-corrected chi connectivity index (χ4v) is 3.11. The molecule has 0 fully saturated rings. The van der Waals surface area contributed by atoms with Crippen LogP contribution in [0.4, 0.5) is 0 Å². The van der Waals surface area contributed by atoms with Crippen molar-refractivity contribution in [1.82, 2.24) is 0 Å². The van der Waals surface area contributed by atoms with Crippen LogP contribution in [0.5, 0.6) is 0 Å². The molecule has 0 aliphatic carbocycles. The zero-order valence-electron chi connectivity index (χ0n) is 6.75. The highest BCUT2D eigenvalue weighted by molar-refractivity contribution is 8.00. The first kappa shape index (κ1) is 11.3. The molecule has 0 rings (SSSR count). The predicted molar refractivity (Wildman–Crippen MR) is 50.7 cm³/mol. The van der Waals surface area contributed by atoms with E-state index in [9.17, 15) is 8.42 Å². The standard InChI is InChI=1S/C6H15NO2S2/c1-10-4-6-11(8,9)5-2-3-7/h2-7H2,1H3. The first-order chi connectivity index (χ1) is 5.12. The average molecular weight is 197 g/mol. The molecule has 2 N–H and O–H groups in total. The summed E-state index contributed by atoms with van der Waals surface area (Å²) < 4.78 is 22.2. The lowest BCUT2D eigenvalue weighted by Crippen LogP contribution is -2.15. The van der Waals surface area contributed by atoms with Crippen LogP contribution in [0.2, 0.25) is 0 Å². The van der Waals surface area contributed by atoms with Crippen LogP contribution in [0.1, 0.15) is 6.42 Å². The minimum absolute atomic E-state index is 0.240. The molecular formula is C6H15NO2S2. The Bertz CT molecular complexity index is 163. The summed E-state index contributed by atoms with van der Waals surface area (Å²) in [5.74, 6) is 1.21. The fraction of sp³-hybridized carbons (Fsp3) is 1.00. The van der Waals surface area contributed by atoms with Crippen molar-refractivity contribution in [2.45, 2.75) is 6.42 Å². The Kier molecular flexibility index (Phi) is 5.99. The van der Waals surface area contributed by atoms with E-state index in [0.29, 0.717) is 18.7 Å². The van der Waals surface area contributed by atoms with Crippen molar-refractivity contribution < 1.29 is 8.42 Å². The number of nitrogens with two attached hydrogens (primary N) is 1. The van der Waals surface area contributed by atoms with Crippen LogP contribution in [0.25, 0.3) is 0 Å². The lowest BCUT2D eigenvalue weighted by atomic mass is 10.5. The van der Waals surface area contributed by atoms with Crippen LogP contribution in [0, 0.1) is 0 Å². The van der Waals surface area contributed by atoms with Crippen molar-refractivity contribution in [3.8, 4) is 0 Å². The van der Waals surface area contributed by atoms with Crippen molar-refractivity contribution in [3.63, 3.8) is 0 Å². The van der Waals surface area contributed by atoms with Gasteiger partial charge in [0.1, 0.15) is 0 Å². The number of sulfone groups is 1. The Morgan fingerprint density at radius 3 is 2.45 bits per heavy atom. The topological polar surface area (TPSA) is 60.2 Å². The molecule has 68 valence electrons. The average Bonchev–Trinajstić information content (AvgIpc) is 1.97. The number of rotatable bonds is 6. The van der Waals surface area contributed by atoms with Gasteiger partial charge in [-0.15, -0.1) is 0 Å². The zero-order valence-corrected chi connectivity index (χ0v) is 8.38. The molecule has 0 spiro atoms. The van der Waals surface area contributed by atoms with Gasteiger partial charge < -0.3 is 5.73 Å². The van der Waals surface area contributed by atoms with Crippen molar-refractivity contribution in [1.29, 1.82) is 0 Å². The second kappa shape index (κ2) is 5.85. The minimum Gasteiger partial charge on any atom is -0.330 e. The maximum atomic E-state index is 11.1. The Labute approximate surface area is 72.7 Å². The third-order valence-corrected chi connectivity index (χ3v) is 3.87. The van der Waals surface area contributed by atoms with Gasteiger partial charge in [0, 0.05) is 5.75 Å². The van der Waals surface area contributed by atoms with Gasteiger partial charge >= 0.3 is 0 Å².